The zero-order chi connectivity index (χ0) is 26.2. The lowest BCUT2D eigenvalue weighted by Gasteiger charge is -2.39. The molecule has 9 rings (SSSR count). The number of aromatic nitrogens is 6. The summed E-state index contributed by atoms with van der Waals surface area (Å²) in [4.78, 5) is 30.4. The van der Waals surface area contributed by atoms with Gasteiger partial charge in [0.2, 0.25) is 0 Å². The molecule has 0 unspecified atom stereocenters. The molecule has 6 heterocycles. The van der Waals surface area contributed by atoms with Crippen molar-refractivity contribution in [3.8, 4) is 22.3 Å². The van der Waals surface area contributed by atoms with Crippen molar-refractivity contribution in [3.63, 3.8) is 0 Å². The number of rotatable bonds is 3. The van der Waals surface area contributed by atoms with Crippen LogP contribution in [0.5, 0.6) is 0 Å². The molecular weight excluding hydrogens is 533 g/mol. The highest BCUT2D eigenvalue weighted by molar-refractivity contribution is 8.01. The maximum absolute atomic E-state index is 4.84. The Morgan fingerprint density at radius 2 is 0.975 bits per heavy atom. The monoisotopic (exact) mass is 549 g/mol. The van der Waals surface area contributed by atoms with E-state index in [-0.39, 0.29) is 6.71 Å². The van der Waals surface area contributed by atoms with E-state index in [9.17, 15) is 0 Å². The number of hydrogen-bond acceptors (Lipinski definition) is 9. The fourth-order valence-corrected chi connectivity index (χ4v) is 7.95. The Bertz CT molecular complexity index is 1930. The van der Waals surface area contributed by atoms with E-state index in [2.05, 4.69) is 97.6 Å². The van der Waals surface area contributed by atoms with Crippen LogP contribution in [0.3, 0.4) is 0 Å². The topological polar surface area (TPSA) is 80.6 Å². The molecule has 6 aromatic rings. The summed E-state index contributed by atoms with van der Waals surface area (Å²) in [5, 5.41) is 3.70. The van der Waals surface area contributed by atoms with Crippen LogP contribution in [0.15, 0.2) is 118 Å². The van der Waals surface area contributed by atoms with E-state index >= 15 is 0 Å². The molecule has 7 nitrogen and oxygen atoms in total. The number of hydrogen-bond donors (Lipinski definition) is 0. The number of benzene rings is 3. The molecule has 0 saturated carbocycles. The van der Waals surface area contributed by atoms with Gasteiger partial charge in [-0.2, -0.15) is 0 Å². The lowest BCUT2D eigenvalue weighted by molar-refractivity contribution is 0.950. The smallest absolute Gasteiger partial charge is 0.265 e. The summed E-state index contributed by atoms with van der Waals surface area (Å²) < 4.78 is 0. The van der Waals surface area contributed by atoms with Crippen molar-refractivity contribution in [2.75, 3.05) is 4.90 Å². The van der Waals surface area contributed by atoms with Crippen molar-refractivity contribution in [1.29, 1.82) is 0 Å². The standard InChI is InChI=1S/C30H16BN7S2/c1-2-6-17(7-3-1)18-8-4-9-19(12-18)20-10-5-11-21(13-20)38-25-22-27(34-14-32-25)39-29-24-30(37-16-36-29)40-28-23(31(22)24)26(38)33-15-35-28/h1-16H. The zero-order valence-electron chi connectivity index (χ0n) is 20.8. The van der Waals surface area contributed by atoms with E-state index in [4.69, 9.17) is 9.97 Å². The molecule has 40 heavy (non-hydrogen) atoms. The Hall–Kier alpha value is -4.54. The Balaban J connectivity index is 1.23. The molecule has 3 aromatic carbocycles. The van der Waals surface area contributed by atoms with Gasteiger partial charge < -0.3 is 0 Å². The lowest BCUT2D eigenvalue weighted by Crippen LogP contribution is -2.63. The fraction of sp³-hybridized carbons (Fsp3) is 0. The minimum Gasteiger partial charge on any atom is -0.280 e. The summed E-state index contributed by atoms with van der Waals surface area (Å²) >= 11 is 3.16. The highest BCUT2D eigenvalue weighted by Gasteiger charge is 2.49. The van der Waals surface area contributed by atoms with Gasteiger partial charge in [0.1, 0.15) is 50.7 Å². The third-order valence-corrected chi connectivity index (χ3v) is 9.62. The van der Waals surface area contributed by atoms with Crippen LogP contribution in [-0.4, -0.2) is 36.6 Å². The molecule has 0 spiro atoms. The summed E-state index contributed by atoms with van der Waals surface area (Å²) in [6, 6.07) is 27.7. The molecule has 0 atom stereocenters. The minimum absolute atomic E-state index is 0.0897. The Morgan fingerprint density at radius 1 is 0.475 bits per heavy atom. The highest BCUT2D eigenvalue weighted by Crippen LogP contribution is 2.43. The van der Waals surface area contributed by atoms with Gasteiger partial charge in [-0.3, -0.25) is 4.90 Å². The second kappa shape index (κ2) is 8.48. The molecule has 0 radical (unpaired) electrons. The predicted molar refractivity (Wildman–Crippen MR) is 158 cm³/mol. The molecule has 0 fully saturated rings. The van der Waals surface area contributed by atoms with Crippen molar-refractivity contribution in [2.24, 2.45) is 0 Å². The molecule has 0 saturated heterocycles. The van der Waals surface area contributed by atoms with Crippen molar-refractivity contribution in [2.45, 2.75) is 20.1 Å². The number of anilines is 3. The minimum atomic E-state index is -0.0897. The van der Waals surface area contributed by atoms with E-state index in [1.54, 1.807) is 42.5 Å². The summed E-state index contributed by atoms with van der Waals surface area (Å²) in [7, 11) is 0. The first kappa shape index (κ1) is 22.3. The molecular formula is C30H16BN7S2. The van der Waals surface area contributed by atoms with Gasteiger partial charge in [0.15, 0.2) is 0 Å². The second-order valence-corrected chi connectivity index (χ2v) is 11.7. The lowest BCUT2D eigenvalue weighted by atomic mass is 9.36. The third-order valence-electron chi connectivity index (χ3n) is 7.55. The Labute approximate surface area is 238 Å². The SMILES string of the molecule is c1ccc(-c2cccc(-c3cccc(N4c5ncnc6c5B5c7c(ncnc7Sc7ncnc4c75)S6)c3)c2)cc1. The van der Waals surface area contributed by atoms with Crippen molar-refractivity contribution < 1.29 is 0 Å². The van der Waals surface area contributed by atoms with Crippen LogP contribution in [-0.2, 0) is 0 Å². The first-order valence-electron chi connectivity index (χ1n) is 12.8. The summed E-state index contributed by atoms with van der Waals surface area (Å²) in [6.45, 7) is -0.0897. The van der Waals surface area contributed by atoms with Gasteiger partial charge in [-0.05, 0) is 45.9 Å². The van der Waals surface area contributed by atoms with Crippen molar-refractivity contribution in [3.05, 3.63) is 97.8 Å². The van der Waals surface area contributed by atoms with Gasteiger partial charge in [-0.1, -0.05) is 84.2 Å². The van der Waals surface area contributed by atoms with Crippen LogP contribution in [0.4, 0.5) is 17.3 Å². The molecule has 3 aliphatic heterocycles. The van der Waals surface area contributed by atoms with Gasteiger partial charge in [0, 0.05) is 16.6 Å². The highest BCUT2D eigenvalue weighted by atomic mass is 32.2. The average molecular weight is 549 g/mol. The number of nitrogens with zero attached hydrogens (tertiary/aromatic N) is 7. The van der Waals surface area contributed by atoms with Crippen LogP contribution >= 0.6 is 23.5 Å². The quantitative estimate of drug-likeness (QED) is 0.232. The van der Waals surface area contributed by atoms with Gasteiger partial charge in [0.05, 0.1) is 0 Å². The first-order chi connectivity index (χ1) is 19.8. The van der Waals surface area contributed by atoms with Crippen molar-refractivity contribution >= 4 is 63.9 Å². The predicted octanol–water partition coefficient (Wildman–Crippen LogP) is 4.62. The van der Waals surface area contributed by atoms with E-state index in [1.807, 2.05) is 6.07 Å². The Kier molecular flexibility index (Phi) is 4.73. The molecule has 0 aliphatic carbocycles. The summed E-state index contributed by atoms with van der Waals surface area (Å²) in [6.07, 6.45) is 4.90. The first-order valence-corrected chi connectivity index (χ1v) is 14.4. The molecule has 3 aliphatic rings. The van der Waals surface area contributed by atoms with Gasteiger partial charge in [0.25, 0.3) is 6.71 Å². The zero-order valence-corrected chi connectivity index (χ0v) is 22.4. The van der Waals surface area contributed by atoms with Gasteiger partial charge in [-0.25, -0.2) is 29.9 Å². The third kappa shape index (κ3) is 3.17. The maximum atomic E-state index is 4.84. The Morgan fingerprint density at radius 3 is 1.62 bits per heavy atom. The van der Waals surface area contributed by atoms with Crippen molar-refractivity contribution in [1.82, 2.24) is 29.9 Å². The van der Waals surface area contributed by atoms with E-state index < -0.39 is 0 Å². The van der Waals surface area contributed by atoms with E-state index in [1.165, 1.54) is 11.1 Å². The maximum Gasteiger partial charge on any atom is 0.265 e. The molecule has 186 valence electrons. The van der Waals surface area contributed by atoms with Crippen LogP contribution in [0.1, 0.15) is 0 Å². The summed E-state index contributed by atoms with van der Waals surface area (Å²) in [5.74, 6) is 1.67. The summed E-state index contributed by atoms with van der Waals surface area (Å²) in [5.41, 5.74) is 8.87. The second-order valence-electron chi connectivity index (χ2n) is 9.70. The molecule has 0 amide bonds. The largest absolute Gasteiger partial charge is 0.280 e. The van der Waals surface area contributed by atoms with E-state index in [0.29, 0.717) is 0 Å². The van der Waals surface area contributed by atoms with Gasteiger partial charge >= 0.3 is 0 Å². The van der Waals surface area contributed by atoms with Crippen LogP contribution in [0.2, 0.25) is 0 Å². The van der Waals surface area contributed by atoms with Crippen LogP contribution in [0, 0.1) is 0 Å². The normalized spacial score (nSPS) is 13.7. The molecule has 3 aromatic heterocycles. The molecule has 10 heteroatoms. The van der Waals surface area contributed by atoms with Crippen LogP contribution < -0.4 is 21.3 Å². The average Bonchev–Trinajstić information content (AvgIpc) is 3.02. The molecule has 0 N–H and O–H groups in total. The van der Waals surface area contributed by atoms with Crippen LogP contribution in [0.25, 0.3) is 22.3 Å². The molecule has 0 bridgehead atoms. The van der Waals surface area contributed by atoms with E-state index in [0.717, 1.165) is 64.9 Å². The van der Waals surface area contributed by atoms with Gasteiger partial charge in [-0.15, -0.1) is 0 Å². The fourth-order valence-electron chi connectivity index (χ4n) is 5.83.